The van der Waals surface area contributed by atoms with Crippen molar-refractivity contribution in [3.05, 3.63) is 69.3 Å². The van der Waals surface area contributed by atoms with E-state index >= 15 is 0 Å². The van der Waals surface area contributed by atoms with Crippen LogP contribution in [-0.2, 0) is 16.1 Å². The van der Waals surface area contributed by atoms with E-state index in [4.69, 9.17) is 9.47 Å². The number of imide groups is 1. The van der Waals surface area contributed by atoms with Crippen LogP contribution in [0.1, 0.15) is 33.2 Å². The van der Waals surface area contributed by atoms with Gasteiger partial charge in [-0.25, -0.2) is 0 Å². The minimum Gasteiger partial charge on any atom is -0.474 e. The molecule has 0 N–H and O–H groups in total. The van der Waals surface area contributed by atoms with E-state index in [0.29, 0.717) is 43.0 Å². The summed E-state index contributed by atoms with van der Waals surface area (Å²) < 4.78 is 10.9. The molecule has 0 aliphatic carbocycles. The summed E-state index contributed by atoms with van der Waals surface area (Å²) in [7, 11) is 0. The number of morpholine rings is 1. The zero-order valence-corrected chi connectivity index (χ0v) is 17.4. The molecule has 2 aliphatic rings. The molecule has 0 aromatic heterocycles. The third kappa shape index (κ3) is 4.04. The lowest BCUT2D eigenvalue weighted by molar-refractivity contribution is -0.386. The molecule has 166 valence electrons. The molecule has 3 amide bonds. The van der Waals surface area contributed by atoms with Crippen LogP contribution in [0.4, 0.5) is 5.69 Å². The fourth-order valence-electron chi connectivity index (χ4n) is 3.75. The Bertz CT molecular complexity index is 1060. The van der Waals surface area contributed by atoms with Gasteiger partial charge in [-0.05, 0) is 30.7 Å². The fraction of sp³-hybridized carbons (Fsp3) is 0.318. The standard InChI is InChI=1S/C22H21N3O7/c1-14(20(26)23-8-10-31-11-9-23)32-19-12-15(6-7-18(19)25(29)30)13-24-21(27)16-4-2-3-5-17(16)22(24)28/h2-7,12,14H,8-11,13H2,1H3/t14-/m1/s1. The molecule has 2 aromatic rings. The number of carbonyl (C=O) groups is 3. The lowest BCUT2D eigenvalue weighted by Gasteiger charge is -2.29. The van der Waals surface area contributed by atoms with E-state index in [2.05, 4.69) is 0 Å². The van der Waals surface area contributed by atoms with Crippen LogP contribution in [0.2, 0.25) is 0 Å². The third-order valence-corrected chi connectivity index (χ3v) is 5.41. The van der Waals surface area contributed by atoms with Gasteiger partial charge in [0.1, 0.15) is 0 Å². The molecule has 10 heteroatoms. The highest BCUT2D eigenvalue weighted by Gasteiger charge is 2.35. The van der Waals surface area contributed by atoms with Crippen LogP contribution in [0.25, 0.3) is 0 Å². The molecule has 2 aromatic carbocycles. The Morgan fingerprint density at radius 3 is 2.34 bits per heavy atom. The Balaban J connectivity index is 1.55. The molecule has 0 unspecified atom stereocenters. The Hall–Kier alpha value is -3.79. The van der Waals surface area contributed by atoms with Crippen LogP contribution in [0.5, 0.6) is 5.75 Å². The van der Waals surface area contributed by atoms with E-state index in [1.54, 1.807) is 29.2 Å². The molecule has 2 heterocycles. The van der Waals surface area contributed by atoms with Gasteiger partial charge in [0.25, 0.3) is 17.7 Å². The molecule has 0 spiro atoms. The van der Waals surface area contributed by atoms with Gasteiger partial charge in [-0.2, -0.15) is 0 Å². The summed E-state index contributed by atoms with van der Waals surface area (Å²) >= 11 is 0. The number of nitro benzene ring substituents is 1. The minimum atomic E-state index is -0.957. The van der Waals surface area contributed by atoms with Crippen LogP contribution in [0, 0.1) is 10.1 Å². The maximum absolute atomic E-state index is 12.6. The summed E-state index contributed by atoms with van der Waals surface area (Å²) in [6.07, 6.45) is -0.957. The van der Waals surface area contributed by atoms with E-state index in [-0.39, 0.29) is 23.9 Å². The highest BCUT2D eigenvalue weighted by atomic mass is 16.6. The fourth-order valence-corrected chi connectivity index (χ4v) is 3.75. The highest BCUT2D eigenvalue weighted by Crippen LogP contribution is 2.31. The summed E-state index contributed by atoms with van der Waals surface area (Å²) in [5, 5.41) is 11.5. The van der Waals surface area contributed by atoms with Crippen molar-refractivity contribution in [2.24, 2.45) is 0 Å². The van der Waals surface area contributed by atoms with Crippen molar-refractivity contribution in [2.75, 3.05) is 26.3 Å². The number of ether oxygens (including phenoxy) is 2. The minimum absolute atomic E-state index is 0.0769. The molecule has 0 saturated carbocycles. The molecule has 0 bridgehead atoms. The van der Waals surface area contributed by atoms with Crippen molar-refractivity contribution in [1.82, 2.24) is 9.80 Å². The van der Waals surface area contributed by atoms with Crippen molar-refractivity contribution in [3.63, 3.8) is 0 Å². The summed E-state index contributed by atoms with van der Waals surface area (Å²) in [6.45, 7) is 3.15. The molecule has 0 radical (unpaired) electrons. The van der Waals surface area contributed by atoms with Crippen LogP contribution < -0.4 is 4.74 Å². The van der Waals surface area contributed by atoms with Crippen LogP contribution in [0.15, 0.2) is 42.5 Å². The maximum atomic E-state index is 12.6. The van der Waals surface area contributed by atoms with Crippen LogP contribution in [-0.4, -0.2) is 64.9 Å². The van der Waals surface area contributed by atoms with Gasteiger partial charge in [-0.15, -0.1) is 0 Å². The van der Waals surface area contributed by atoms with Gasteiger partial charge in [-0.3, -0.25) is 29.4 Å². The summed E-state index contributed by atoms with van der Waals surface area (Å²) in [5.41, 5.74) is 0.796. The smallest absolute Gasteiger partial charge is 0.310 e. The molecule has 2 aliphatic heterocycles. The van der Waals surface area contributed by atoms with Crippen molar-refractivity contribution in [3.8, 4) is 5.75 Å². The number of hydrogen-bond donors (Lipinski definition) is 0. The lowest BCUT2D eigenvalue weighted by atomic mass is 10.1. The van der Waals surface area contributed by atoms with E-state index in [1.807, 2.05) is 0 Å². The van der Waals surface area contributed by atoms with Gasteiger partial charge < -0.3 is 14.4 Å². The molecule has 1 fully saturated rings. The highest BCUT2D eigenvalue weighted by molar-refractivity contribution is 6.21. The van der Waals surface area contributed by atoms with Crippen LogP contribution >= 0.6 is 0 Å². The average Bonchev–Trinajstić information content (AvgIpc) is 3.04. The second kappa shape index (κ2) is 8.75. The first kappa shape index (κ1) is 21.4. The number of rotatable bonds is 6. The van der Waals surface area contributed by atoms with Gasteiger partial charge in [-0.1, -0.05) is 18.2 Å². The van der Waals surface area contributed by atoms with Crippen molar-refractivity contribution in [1.29, 1.82) is 0 Å². The molecule has 1 saturated heterocycles. The van der Waals surface area contributed by atoms with Gasteiger partial charge in [0.2, 0.25) is 0 Å². The van der Waals surface area contributed by atoms with Crippen molar-refractivity contribution < 1.29 is 28.8 Å². The molecule has 10 nitrogen and oxygen atoms in total. The van der Waals surface area contributed by atoms with Gasteiger partial charge in [0.05, 0.1) is 35.8 Å². The molecule has 4 rings (SSSR count). The van der Waals surface area contributed by atoms with Gasteiger partial charge >= 0.3 is 5.69 Å². The topological polar surface area (TPSA) is 119 Å². The number of nitro groups is 1. The second-order valence-electron chi connectivity index (χ2n) is 7.50. The number of benzene rings is 2. The number of hydrogen-bond acceptors (Lipinski definition) is 7. The second-order valence-corrected chi connectivity index (χ2v) is 7.50. The van der Waals surface area contributed by atoms with E-state index in [0.717, 1.165) is 4.90 Å². The lowest BCUT2D eigenvalue weighted by Crippen LogP contribution is -2.46. The molecule has 32 heavy (non-hydrogen) atoms. The van der Waals surface area contributed by atoms with Gasteiger partial charge in [0.15, 0.2) is 11.9 Å². The zero-order valence-electron chi connectivity index (χ0n) is 17.4. The van der Waals surface area contributed by atoms with Gasteiger partial charge in [0, 0.05) is 19.2 Å². The van der Waals surface area contributed by atoms with Crippen LogP contribution in [0.3, 0.4) is 0 Å². The largest absolute Gasteiger partial charge is 0.474 e. The van der Waals surface area contributed by atoms with E-state index < -0.39 is 22.8 Å². The Morgan fingerprint density at radius 1 is 1.12 bits per heavy atom. The number of nitrogens with zero attached hydrogens (tertiary/aromatic N) is 3. The third-order valence-electron chi connectivity index (χ3n) is 5.41. The molecule has 1 atom stereocenters. The monoisotopic (exact) mass is 439 g/mol. The zero-order chi connectivity index (χ0) is 22.8. The SMILES string of the molecule is C[C@@H](Oc1cc(CN2C(=O)c3ccccc3C2=O)ccc1[N+](=O)[O-])C(=O)N1CCOCC1. The predicted octanol–water partition coefficient (Wildman–Crippen LogP) is 2.02. The Labute approximate surface area is 183 Å². The molecular formula is C22H21N3O7. The Morgan fingerprint density at radius 2 is 1.75 bits per heavy atom. The summed E-state index contributed by atoms with van der Waals surface area (Å²) in [5.74, 6) is -1.25. The quantitative estimate of drug-likeness (QED) is 0.384. The average molecular weight is 439 g/mol. The van der Waals surface area contributed by atoms with E-state index in [9.17, 15) is 24.5 Å². The summed E-state index contributed by atoms with van der Waals surface area (Å²) in [6, 6.07) is 10.6. The number of fused-ring (bicyclic) bond motifs is 1. The Kier molecular flexibility index (Phi) is 5.87. The number of amides is 3. The van der Waals surface area contributed by atoms with Crippen molar-refractivity contribution >= 4 is 23.4 Å². The first-order chi connectivity index (χ1) is 15.4. The number of carbonyl (C=O) groups excluding carboxylic acids is 3. The first-order valence-electron chi connectivity index (χ1n) is 10.1. The van der Waals surface area contributed by atoms with E-state index in [1.165, 1.54) is 25.1 Å². The molecular weight excluding hydrogens is 418 g/mol. The predicted molar refractivity (Wildman–Crippen MR) is 111 cm³/mol. The first-order valence-corrected chi connectivity index (χ1v) is 10.1. The van der Waals surface area contributed by atoms with Crippen molar-refractivity contribution in [2.45, 2.75) is 19.6 Å². The maximum Gasteiger partial charge on any atom is 0.310 e. The summed E-state index contributed by atoms with van der Waals surface area (Å²) in [4.78, 5) is 51.4. The normalized spacial score (nSPS) is 16.7.